The number of non-ortho nitro benzene ring substituents is 1. The highest BCUT2D eigenvalue weighted by atomic mass is 35.5. The number of hydrogen-bond acceptors (Lipinski definition) is 5. The van der Waals surface area contributed by atoms with E-state index >= 15 is 0 Å². The third-order valence-corrected chi connectivity index (χ3v) is 5.01. The van der Waals surface area contributed by atoms with Crippen LogP contribution in [0.3, 0.4) is 0 Å². The summed E-state index contributed by atoms with van der Waals surface area (Å²) in [7, 11) is 0. The lowest BCUT2D eigenvalue weighted by Gasteiger charge is -2.16. The average Bonchev–Trinajstić information content (AvgIpc) is 2.76. The molecule has 0 fully saturated rings. The molecule has 0 saturated carbocycles. The lowest BCUT2D eigenvalue weighted by Crippen LogP contribution is -2.31. The SMILES string of the molecule is CC(Nc1ccc(NC(=O)c2ccc(Cl)cc2)cc1)C(=O)Nc1ccc([N+](=O)[O-])cc1Cl. The molecule has 0 aliphatic carbocycles. The van der Waals surface area contributed by atoms with Crippen molar-refractivity contribution in [1.82, 2.24) is 0 Å². The summed E-state index contributed by atoms with van der Waals surface area (Å²) in [6.45, 7) is 1.66. The highest BCUT2D eigenvalue weighted by Crippen LogP contribution is 2.27. The van der Waals surface area contributed by atoms with Crippen molar-refractivity contribution in [2.24, 2.45) is 0 Å². The van der Waals surface area contributed by atoms with Gasteiger partial charge in [0.2, 0.25) is 5.91 Å². The Labute approximate surface area is 193 Å². The van der Waals surface area contributed by atoms with Crippen LogP contribution in [0.4, 0.5) is 22.7 Å². The summed E-state index contributed by atoms with van der Waals surface area (Å²) >= 11 is 11.8. The van der Waals surface area contributed by atoms with Crippen LogP contribution in [0.1, 0.15) is 17.3 Å². The smallest absolute Gasteiger partial charge is 0.271 e. The van der Waals surface area contributed by atoms with Gasteiger partial charge in [-0.2, -0.15) is 0 Å². The van der Waals surface area contributed by atoms with Crippen molar-refractivity contribution in [1.29, 1.82) is 0 Å². The van der Waals surface area contributed by atoms with Crippen molar-refractivity contribution in [3.8, 4) is 0 Å². The minimum absolute atomic E-state index is 0.0699. The minimum atomic E-state index is -0.629. The van der Waals surface area contributed by atoms with Crippen LogP contribution in [0.25, 0.3) is 0 Å². The minimum Gasteiger partial charge on any atom is -0.374 e. The first kappa shape index (κ1) is 23.1. The molecule has 3 aromatic carbocycles. The van der Waals surface area contributed by atoms with Gasteiger partial charge in [0, 0.05) is 34.1 Å². The second kappa shape index (κ2) is 10.1. The molecule has 3 N–H and O–H groups in total. The highest BCUT2D eigenvalue weighted by molar-refractivity contribution is 6.34. The third-order valence-electron chi connectivity index (χ3n) is 4.45. The largest absolute Gasteiger partial charge is 0.374 e. The molecular formula is C22H18Cl2N4O4. The Morgan fingerprint density at radius 2 is 1.53 bits per heavy atom. The second-order valence-electron chi connectivity index (χ2n) is 6.81. The van der Waals surface area contributed by atoms with Crippen LogP contribution in [-0.2, 0) is 4.79 Å². The van der Waals surface area contributed by atoms with Crippen molar-refractivity contribution in [2.75, 3.05) is 16.0 Å². The van der Waals surface area contributed by atoms with Crippen LogP contribution in [0.15, 0.2) is 66.7 Å². The van der Waals surface area contributed by atoms with Gasteiger partial charge in [-0.15, -0.1) is 0 Å². The van der Waals surface area contributed by atoms with Crippen LogP contribution < -0.4 is 16.0 Å². The van der Waals surface area contributed by atoms with Gasteiger partial charge in [-0.25, -0.2) is 0 Å². The van der Waals surface area contributed by atoms with Gasteiger partial charge in [0.05, 0.1) is 15.6 Å². The van der Waals surface area contributed by atoms with Gasteiger partial charge in [0.25, 0.3) is 11.6 Å². The van der Waals surface area contributed by atoms with Gasteiger partial charge in [-0.05, 0) is 61.5 Å². The monoisotopic (exact) mass is 472 g/mol. The highest BCUT2D eigenvalue weighted by Gasteiger charge is 2.16. The predicted molar refractivity (Wildman–Crippen MR) is 126 cm³/mol. The zero-order valence-corrected chi connectivity index (χ0v) is 18.3. The van der Waals surface area contributed by atoms with E-state index in [1.807, 2.05) is 0 Å². The first-order chi connectivity index (χ1) is 15.2. The fraction of sp³-hybridized carbons (Fsp3) is 0.0909. The second-order valence-corrected chi connectivity index (χ2v) is 7.66. The molecule has 0 aliphatic rings. The maximum atomic E-state index is 12.4. The maximum absolute atomic E-state index is 12.4. The Morgan fingerprint density at radius 3 is 2.12 bits per heavy atom. The van der Waals surface area contributed by atoms with Crippen molar-refractivity contribution in [3.63, 3.8) is 0 Å². The normalized spacial score (nSPS) is 11.3. The summed E-state index contributed by atoms with van der Waals surface area (Å²) < 4.78 is 0. The van der Waals surface area contributed by atoms with Crippen molar-refractivity contribution < 1.29 is 14.5 Å². The maximum Gasteiger partial charge on any atom is 0.271 e. The first-order valence-electron chi connectivity index (χ1n) is 9.41. The number of nitrogens with zero attached hydrogens (tertiary/aromatic N) is 1. The number of carbonyl (C=O) groups excluding carboxylic acids is 2. The number of hydrogen-bond donors (Lipinski definition) is 3. The fourth-order valence-corrected chi connectivity index (χ4v) is 3.08. The standard InChI is InChI=1S/C22H18Cl2N4O4/c1-13(21(29)27-20-11-10-18(28(31)32)12-19(20)24)25-16-6-8-17(9-7-16)26-22(30)14-2-4-15(23)5-3-14/h2-13,25H,1H3,(H,26,30)(H,27,29). The number of nitro benzene ring substituents is 1. The molecule has 164 valence electrons. The molecular weight excluding hydrogens is 455 g/mol. The van der Waals surface area contributed by atoms with E-state index in [0.717, 1.165) is 0 Å². The summed E-state index contributed by atoms with van der Waals surface area (Å²) in [5, 5.41) is 19.9. The first-order valence-corrected chi connectivity index (χ1v) is 10.2. The van der Waals surface area contributed by atoms with E-state index in [1.165, 1.54) is 18.2 Å². The Hall–Kier alpha value is -3.62. The summed E-state index contributed by atoms with van der Waals surface area (Å²) in [6.07, 6.45) is 0. The van der Waals surface area contributed by atoms with Gasteiger partial charge in [-0.3, -0.25) is 19.7 Å². The molecule has 1 unspecified atom stereocenters. The molecule has 8 nitrogen and oxygen atoms in total. The Balaban J connectivity index is 1.57. The molecule has 32 heavy (non-hydrogen) atoms. The molecule has 0 aromatic heterocycles. The van der Waals surface area contributed by atoms with E-state index in [0.29, 0.717) is 22.0 Å². The van der Waals surface area contributed by atoms with Crippen molar-refractivity contribution in [2.45, 2.75) is 13.0 Å². The molecule has 3 aromatic rings. The number of anilines is 3. The number of carbonyl (C=O) groups is 2. The fourth-order valence-electron chi connectivity index (χ4n) is 2.73. The van der Waals surface area contributed by atoms with E-state index in [9.17, 15) is 19.7 Å². The third kappa shape index (κ3) is 5.96. The van der Waals surface area contributed by atoms with Crippen LogP contribution >= 0.6 is 23.2 Å². The van der Waals surface area contributed by atoms with E-state index in [-0.39, 0.29) is 28.2 Å². The molecule has 0 heterocycles. The average molecular weight is 473 g/mol. The lowest BCUT2D eigenvalue weighted by atomic mass is 10.2. The Bertz CT molecular complexity index is 1150. The predicted octanol–water partition coefficient (Wildman–Crippen LogP) is 5.59. The number of benzene rings is 3. The van der Waals surface area contributed by atoms with Gasteiger partial charge in [0.15, 0.2) is 0 Å². The number of nitrogens with one attached hydrogen (secondary N) is 3. The number of halogens is 2. The molecule has 0 saturated heterocycles. The van der Waals surface area contributed by atoms with E-state index < -0.39 is 11.0 Å². The molecule has 10 heteroatoms. The van der Waals surface area contributed by atoms with Crippen LogP contribution in [0.5, 0.6) is 0 Å². The summed E-state index contributed by atoms with van der Waals surface area (Å²) in [4.78, 5) is 34.9. The molecule has 1 atom stereocenters. The van der Waals surface area contributed by atoms with E-state index in [1.54, 1.807) is 55.5 Å². The lowest BCUT2D eigenvalue weighted by molar-refractivity contribution is -0.384. The van der Waals surface area contributed by atoms with Crippen molar-refractivity contribution in [3.05, 3.63) is 92.5 Å². The molecule has 0 bridgehead atoms. The Morgan fingerprint density at radius 1 is 0.906 bits per heavy atom. The van der Waals surface area contributed by atoms with Gasteiger partial charge in [0.1, 0.15) is 6.04 Å². The van der Waals surface area contributed by atoms with E-state index in [4.69, 9.17) is 23.2 Å². The number of amides is 2. The quantitative estimate of drug-likeness (QED) is 0.306. The Kier molecular flexibility index (Phi) is 7.29. The molecule has 0 aliphatic heterocycles. The molecule has 3 rings (SSSR count). The van der Waals surface area contributed by atoms with Crippen molar-refractivity contribution >= 4 is 57.8 Å². The topological polar surface area (TPSA) is 113 Å². The number of rotatable bonds is 7. The zero-order valence-electron chi connectivity index (χ0n) is 16.8. The van der Waals surface area contributed by atoms with Gasteiger partial charge >= 0.3 is 0 Å². The summed E-state index contributed by atoms with van der Waals surface area (Å²) in [6, 6.07) is 16.6. The zero-order chi connectivity index (χ0) is 23.3. The van der Waals surface area contributed by atoms with E-state index in [2.05, 4.69) is 16.0 Å². The van der Waals surface area contributed by atoms with Gasteiger partial charge < -0.3 is 16.0 Å². The summed E-state index contributed by atoms with van der Waals surface area (Å²) in [5.74, 6) is -0.643. The van der Waals surface area contributed by atoms with Crippen LogP contribution in [0.2, 0.25) is 10.0 Å². The summed E-state index contributed by atoms with van der Waals surface area (Å²) in [5.41, 5.74) is 1.84. The van der Waals surface area contributed by atoms with Crippen LogP contribution in [0, 0.1) is 10.1 Å². The van der Waals surface area contributed by atoms with Crippen LogP contribution in [-0.4, -0.2) is 22.8 Å². The number of nitro groups is 1. The molecule has 2 amide bonds. The van der Waals surface area contributed by atoms with Gasteiger partial charge in [-0.1, -0.05) is 23.2 Å². The molecule has 0 radical (unpaired) electrons. The molecule has 0 spiro atoms.